The third-order valence-corrected chi connectivity index (χ3v) is 3.84. The third-order valence-electron chi connectivity index (χ3n) is 3.60. The second kappa shape index (κ2) is 5.81. The molecule has 0 radical (unpaired) electrons. The van der Waals surface area contributed by atoms with Gasteiger partial charge in [-0.3, -0.25) is 9.59 Å². The van der Waals surface area contributed by atoms with Gasteiger partial charge in [0.1, 0.15) is 6.04 Å². The molecule has 0 aromatic heterocycles. The number of carbonyl (C=O) groups excluding carboxylic acids is 2. The van der Waals surface area contributed by atoms with Crippen LogP contribution >= 0.6 is 11.6 Å². The van der Waals surface area contributed by atoms with E-state index in [0.29, 0.717) is 10.7 Å². The van der Waals surface area contributed by atoms with E-state index in [0.717, 1.165) is 11.3 Å². The van der Waals surface area contributed by atoms with Crippen LogP contribution in [0.5, 0.6) is 0 Å². The SMILES string of the molecule is Cc1ccc(N2C(=O)C[C@H](Nc3cccc(Cl)c3)C2=O)cc1. The van der Waals surface area contributed by atoms with Crippen molar-refractivity contribution >= 4 is 34.8 Å². The second-order valence-corrected chi connectivity index (χ2v) is 5.75. The summed E-state index contributed by atoms with van der Waals surface area (Å²) in [5, 5.41) is 3.66. The minimum Gasteiger partial charge on any atom is -0.373 e. The van der Waals surface area contributed by atoms with Crippen molar-refractivity contribution < 1.29 is 9.59 Å². The van der Waals surface area contributed by atoms with E-state index < -0.39 is 6.04 Å². The average Bonchev–Trinajstić information content (AvgIpc) is 2.75. The van der Waals surface area contributed by atoms with Gasteiger partial charge in [0, 0.05) is 10.7 Å². The van der Waals surface area contributed by atoms with Crippen molar-refractivity contribution in [3.63, 3.8) is 0 Å². The van der Waals surface area contributed by atoms with Crippen LogP contribution in [-0.4, -0.2) is 17.9 Å². The first-order valence-electron chi connectivity index (χ1n) is 7.00. The van der Waals surface area contributed by atoms with Crippen LogP contribution in [0, 0.1) is 6.92 Å². The number of amides is 2. The quantitative estimate of drug-likeness (QED) is 0.883. The molecular formula is C17H15ClN2O2. The summed E-state index contributed by atoms with van der Waals surface area (Å²) in [5.41, 5.74) is 2.41. The fraction of sp³-hybridized carbons (Fsp3) is 0.176. The number of halogens is 1. The van der Waals surface area contributed by atoms with Crippen LogP contribution in [0.15, 0.2) is 48.5 Å². The normalized spacial score (nSPS) is 17.9. The highest BCUT2D eigenvalue weighted by atomic mass is 35.5. The topological polar surface area (TPSA) is 49.4 Å². The largest absolute Gasteiger partial charge is 0.373 e. The summed E-state index contributed by atoms with van der Waals surface area (Å²) >= 11 is 5.93. The number of hydrogen-bond donors (Lipinski definition) is 1. The Morgan fingerprint density at radius 1 is 1.14 bits per heavy atom. The van der Waals surface area contributed by atoms with Crippen molar-refractivity contribution in [2.24, 2.45) is 0 Å². The van der Waals surface area contributed by atoms with Crippen molar-refractivity contribution in [1.82, 2.24) is 0 Å². The molecule has 2 aromatic rings. The summed E-state index contributed by atoms with van der Waals surface area (Å²) in [4.78, 5) is 25.9. The number of carbonyl (C=O) groups is 2. The maximum atomic E-state index is 12.5. The molecule has 4 nitrogen and oxygen atoms in total. The van der Waals surface area contributed by atoms with E-state index in [9.17, 15) is 9.59 Å². The van der Waals surface area contributed by atoms with Crippen molar-refractivity contribution in [2.75, 3.05) is 10.2 Å². The molecule has 2 amide bonds. The molecule has 0 unspecified atom stereocenters. The van der Waals surface area contributed by atoms with E-state index in [1.54, 1.807) is 30.3 Å². The zero-order chi connectivity index (χ0) is 15.7. The monoisotopic (exact) mass is 314 g/mol. The molecule has 22 heavy (non-hydrogen) atoms. The van der Waals surface area contributed by atoms with Crippen LogP contribution in [0.1, 0.15) is 12.0 Å². The van der Waals surface area contributed by atoms with E-state index in [4.69, 9.17) is 11.6 Å². The highest BCUT2D eigenvalue weighted by molar-refractivity contribution is 6.30. The number of rotatable bonds is 3. The van der Waals surface area contributed by atoms with Gasteiger partial charge in [-0.15, -0.1) is 0 Å². The Balaban J connectivity index is 1.81. The van der Waals surface area contributed by atoms with Gasteiger partial charge in [-0.2, -0.15) is 0 Å². The molecule has 1 aliphatic heterocycles. The van der Waals surface area contributed by atoms with Crippen LogP contribution in [0.25, 0.3) is 0 Å². The minimum absolute atomic E-state index is 0.138. The first kappa shape index (κ1) is 14.6. The fourth-order valence-corrected chi connectivity index (χ4v) is 2.68. The molecule has 1 N–H and O–H groups in total. The number of hydrogen-bond acceptors (Lipinski definition) is 3. The van der Waals surface area contributed by atoms with Crippen LogP contribution in [-0.2, 0) is 9.59 Å². The van der Waals surface area contributed by atoms with Crippen LogP contribution < -0.4 is 10.2 Å². The Hall–Kier alpha value is -2.33. The standard InChI is InChI=1S/C17H15ClN2O2/c1-11-5-7-14(8-6-11)20-16(21)10-15(17(20)22)19-13-4-2-3-12(18)9-13/h2-9,15,19H,10H2,1H3/t15-/m0/s1. The first-order chi connectivity index (χ1) is 10.5. The van der Waals surface area contributed by atoms with Gasteiger partial charge in [-0.05, 0) is 37.3 Å². The van der Waals surface area contributed by atoms with Crippen LogP contribution in [0.2, 0.25) is 5.02 Å². The van der Waals surface area contributed by atoms with E-state index in [2.05, 4.69) is 5.32 Å². The van der Waals surface area contributed by atoms with Gasteiger partial charge < -0.3 is 5.32 Å². The molecule has 1 aliphatic rings. The molecule has 1 fully saturated rings. The predicted molar refractivity (Wildman–Crippen MR) is 87.2 cm³/mol. The van der Waals surface area contributed by atoms with Crippen molar-refractivity contribution in [1.29, 1.82) is 0 Å². The smallest absolute Gasteiger partial charge is 0.256 e. The average molecular weight is 315 g/mol. The lowest BCUT2D eigenvalue weighted by atomic mass is 10.2. The van der Waals surface area contributed by atoms with Gasteiger partial charge in [0.2, 0.25) is 5.91 Å². The number of benzene rings is 2. The number of anilines is 2. The van der Waals surface area contributed by atoms with Crippen LogP contribution in [0.4, 0.5) is 11.4 Å². The number of nitrogens with one attached hydrogen (secondary N) is 1. The number of nitrogens with zero attached hydrogens (tertiary/aromatic N) is 1. The van der Waals surface area contributed by atoms with Crippen molar-refractivity contribution in [3.05, 3.63) is 59.1 Å². The molecule has 2 aromatic carbocycles. The molecule has 1 atom stereocenters. The molecule has 3 rings (SSSR count). The molecule has 0 bridgehead atoms. The van der Waals surface area contributed by atoms with Gasteiger partial charge in [-0.25, -0.2) is 4.90 Å². The fourth-order valence-electron chi connectivity index (χ4n) is 2.49. The third kappa shape index (κ3) is 2.83. The Bertz CT molecular complexity index is 728. The zero-order valence-electron chi connectivity index (χ0n) is 12.0. The first-order valence-corrected chi connectivity index (χ1v) is 7.38. The van der Waals surface area contributed by atoms with Crippen molar-refractivity contribution in [3.8, 4) is 0 Å². The van der Waals surface area contributed by atoms with Gasteiger partial charge in [0.05, 0.1) is 12.1 Å². The molecule has 112 valence electrons. The van der Waals surface area contributed by atoms with Gasteiger partial charge in [0.15, 0.2) is 0 Å². The van der Waals surface area contributed by atoms with Gasteiger partial charge >= 0.3 is 0 Å². The summed E-state index contributed by atoms with van der Waals surface area (Å²) in [6, 6.07) is 13.9. The van der Waals surface area contributed by atoms with Crippen LogP contribution in [0.3, 0.4) is 0 Å². The molecule has 0 spiro atoms. The molecule has 0 aliphatic carbocycles. The molecule has 1 heterocycles. The summed E-state index contributed by atoms with van der Waals surface area (Å²) in [6.45, 7) is 1.96. The zero-order valence-corrected chi connectivity index (χ0v) is 12.8. The maximum absolute atomic E-state index is 12.5. The summed E-state index contributed by atoms with van der Waals surface area (Å²) in [5.74, 6) is -0.442. The maximum Gasteiger partial charge on any atom is 0.256 e. The number of imide groups is 1. The Morgan fingerprint density at radius 3 is 2.55 bits per heavy atom. The molecule has 1 saturated heterocycles. The number of aryl methyl sites for hydroxylation is 1. The molecule has 0 saturated carbocycles. The molecule has 5 heteroatoms. The minimum atomic E-state index is -0.563. The summed E-state index contributed by atoms with van der Waals surface area (Å²) < 4.78 is 0. The second-order valence-electron chi connectivity index (χ2n) is 5.31. The highest BCUT2D eigenvalue weighted by Crippen LogP contribution is 2.26. The lowest BCUT2D eigenvalue weighted by molar-refractivity contribution is -0.121. The van der Waals surface area contributed by atoms with Gasteiger partial charge in [0.25, 0.3) is 5.91 Å². The summed E-state index contributed by atoms with van der Waals surface area (Å²) in [7, 11) is 0. The van der Waals surface area contributed by atoms with E-state index in [-0.39, 0.29) is 18.2 Å². The molecular weight excluding hydrogens is 300 g/mol. The Morgan fingerprint density at radius 2 is 1.86 bits per heavy atom. The highest BCUT2D eigenvalue weighted by Gasteiger charge is 2.39. The van der Waals surface area contributed by atoms with E-state index in [1.165, 1.54) is 4.90 Å². The van der Waals surface area contributed by atoms with E-state index in [1.807, 2.05) is 25.1 Å². The predicted octanol–water partition coefficient (Wildman–Crippen LogP) is 3.39. The lowest BCUT2D eigenvalue weighted by Crippen LogP contribution is -2.34. The summed E-state index contributed by atoms with van der Waals surface area (Å²) in [6.07, 6.45) is 0.138. The van der Waals surface area contributed by atoms with E-state index >= 15 is 0 Å². The van der Waals surface area contributed by atoms with Gasteiger partial charge in [-0.1, -0.05) is 35.4 Å². The lowest BCUT2D eigenvalue weighted by Gasteiger charge is -2.16. The Labute approximate surface area is 133 Å². The van der Waals surface area contributed by atoms with Crippen molar-refractivity contribution in [2.45, 2.75) is 19.4 Å². The Kier molecular flexibility index (Phi) is 3.86.